The lowest BCUT2D eigenvalue weighted by molar-refractivity contribution is -0.275. The first-order valence-electron chi connectivity index (χ1n) is 6.76. The van der Waals surface area contributed by atoms with E-state index in [1.807, 2.05) is 0 Å². The second-order valence-corrected chi connectivity index (χ2v) is 4.93. The zero-order chi connectivity index (χ0) is 16.2. The van der Waals surface area contributed by atoms with Gasteiger partial charge >= 0.3 is 6.36 Å². The molecule has 1 aliphatic rings. The third kappa shape index (κ3) is 5.89. The van der Waals surface area contributed by atoms with Gasteiger partial charge < -0.3 is 19.7 Å². The van der Waals surface area contributed by atoms with E-state index in [1.165, 1.54) is 30.1 Å². The third-order valence-electron chi connectivity index (χ3n) is 3.20. The summed E-state index contributed by atoms with van der Waals surface area (Å²) in [6.45, 7) is 1.38. The molecule has 1 aliphatic heterocycles. The molecule has 1 amide bonds. The number of alkyl halides is 3. The van der Waals surface area contributed by atoms with Gasteiger partial charge in [0.15, 0.2) is 0 Å². The molecule has 0 radical (unpaired) electrons. The Morgan fingerprint density at radius 1 is 1.43 bits per heavy atom. The third-order valence-corrected chi connectivity index (χ3v) is 3.20. The molecule has 0 saturated carbocycles. The van der Waals surface area contributed by atoms with Gasteiger partial charge in [0.25, 0.3) is 0 Å². The van der Waals surface area contributed by atoms with Crippen molar-refractivity contribution in [1.82, 2.24) is 10.2 Å². The summed E-state index contributed by atoms with van der Waals surface area (Å²) in [5.74, 6) is -0.538. The minimum absolute atomic E-state index is 0. The van der Waals surface area contributed by atoms with Crippen LogP contribution in [-0.4, -0.2) is 50.0 Å². The number of hydrogen-bond acceptors (Lipinski definition) is 4. The Balaban J connectivity index is 0.00000264. The molecule has 2 rings (SSSR count). The molecular formula is C14H18ClF3N2O3. The van der Waals surface area contributed by atoms with Crippen molar-refractivity contribution < 1.29 is 27.4 Å². The number of para-hydroxylation sites is 1. The average Bonchev–Trinajstić information content (AvgIpc) is 2.48. The highest BCUT2D eigenvalue weighted by atomic mass is 35.5. The summed E-state index contributed by atoms with van der Waals surface area (Å²) in [5, 5.41) is 3.01. The summed E-state index contributed by atoms with van der Waals surface area (Å²) < 4.78 is 46.3. The van der Waals surface area contributed by atoms with E-state index in [9.17, 15) is 18.0 Å². The lowest BCUT2D eigenvalue weighted by Gasteiger charge is -2.28. The molecule has 1 atom stereocenters. The van der Waals surface area contributed by atoms with E-state index in [0.717, 1.165) is 0 Å². The normalized spacial score (nSPS) is 18.0. The molecule has 1 saturated heterocycles. The Kier molecular flexibility index (Phi) is 7.11. The summed E-state index contributed by atoms with van der Waals surface area (Å²) in [7, 11) is 1.53. The lowest BCUT2D eigenvalue weighted by atomic mass is 10.1. The van der Waals surface area contributed by atoms with Gasteiger partial charge in [-0.15, -0.1) is 25.6 Å². The first-order chi connectivity index (χ1) is 10.4. The van der Waals surface area contributed by atoms with Crippen LogP contribution in [0.4, 0.5) is 13.2 Å². The predicted molar refractivity (Wildman–Crippen MR) is 79.5 cm³/mol. The van der Waals surface area contributed by atoms with Crippen LogP contribution in [0.15, 0.2) is 24.3 Å². The molecule has 1 fully saturated rings. The van der Waals surface area contributed by atoms with E-state index < -0.39 is 12.4 Å². The van der Waals surface area contributed by atoms with Crippen LogP contribution in [0, 0.1) is 0 Å². The minimum Gasteiger partial charge on any atom is -0.405 e. The number of likely N-dealkylation sites (N-methyl/N-ethyl adjacent to an activating group) is 1. The highest BCUT2D eigenvalue weighted by Crippen LogP contribution is 2.27. The number of rotatable bonds is 4. The molecule has 1 N–H and O–H groups in total. The van der Waals surface area contributed by atoms with Crippen LogP contribution >= 0.6 is 12.4 Å². The molecule has 5 nitrogen and oxygen atoms in total. The summed E-state index contributed by atoms with van der Waals surface area (Å²) in [5.41, 5.74) is 0.285. The van der Waals surface area contributed by atoms with Gasteiger partial charge in [-0.3, -0.25) is 4.79 Å². The molecule has 0 spiro atoms. The Bertz CT molecular complexity index is 522. The van der Waals surface area contributed by atoms with E-state index in [2.05, 4.69) is 10.1 Å². The molecular weight excluding hydrogens is 337 g/mol. The fourth-order valence-electron chi connectivity index (χ4n) is 2.18. The van der Waals surface area contributed by atoms with Crippen molar-refractivity contribution in [1.29, 1.82) is 0 Å². The quantitative estimate of drug-likeness (QED) is 0.898. The van der Waals surface area contributed by atoms with Gasteiger partial charge in [-0.2, -0.15) is 0 Å². The number of ether oxygens (including phenoxy) is 2. The topological polar surface area (TPSA) is 50.8 Å². The van der Waals surface area contributed by atoms with Crippen LogP contribution in [0.25, 0.3) is 0 Å². The van der Waals surface area contributed by atoms with Crippen LogP contribution in [0.1, 0.15) is 5.56 Å². The molecule has 1 aromatic rings. The van der Waals surface area contributed by atoms with Crippen LogP contribution in [0.5, 0.6) is 5.75 Å². The number of hydrogen-bond donors (Lipinski definition) is 1. The molecule has 130 valence electrons. The zero-order valence-corrected chi connectivity index (χ0v) is 13.2. The standard InChI is InChI=1S/C14H17F3N2O3.ClH/c1-19(13(20)11-9-21-7-6-18-11)8-10-4-2-3-5-12(10)22-14(15,16)17;/h2-5,11,18H,6-9H2,1H3;1H. The average molecular weight is 355 g/mol. The molecule has 0 aliphatic carbocycles. The summed E-state index contributed by atoms with van der Waals surface area (Å²) in [6.07, 6.45) is -4.77. The molecule has 9 heteroatoms. The lowest BCUT2D eigenvalue weighted by Crippen LogP contribution is -2.51. The Labute approximate surface area is 138 Å². The van der Waals surface area contributed by atoms with Crippen LogP contribution in [0.2, 0.25) is 0 Å². The van der Waals surface area contributed by atoms with Crippen molar-refractivity contribution in [2.45, 2.75) is 18.9 Å². The Morgan fingerprint density at radius 3 is 2.74 bits per heavy atom. The van der Waals surface area contributed by atoms with E-state index in [0.29, 0.717) is 13.2 Å². The number of carbonyl (C=O) groups is 1. The summed E-state index contributed by atoms with van der Waals surface area (Å²) in [4.78, 5) is 13.6. The van der Waals surface area contributed by atoms with Gasteiger partial charge in [-0.05, 0) is 6.07 Å². The number of amides is 1. The molecule has 1 unspecified atom stereocenters. The molecule has 1 heterocycles. The predicted octanol–water partition coefficient (Wildman–Crippen LogP) is 1.95. The van der Waals surface area contributed by atoms with E-state index in [1.54, 1.807) is 6.07 Å². The Morgan fingerprint density at radius 2 is 2.13 bits per heavy atom. The van der Waals surface area contributed by atoms with Gasteiger partial charge in [0.1, 0.15) is 11.8 Å². The van der Waals surface area contributed by atoms with Crippen molar-refractivity contribution in [2.75, 3.05) is 26.8 Å². The van der Waals surface area contributed by atoms with Gasteiger partial charge in [-0.1, -0.05) is 18.2 Å². The van der Waals surface area contributed by atoms with Crippen molar-refractivity contribution in [3.63, 3.8) is 0 Å². The van der Waals surface area contributed by atoms with E-state index in [4.69, 9.17) is 4.74 Å². The maximum absolute atomic E-state index is 12.4. The van der Waals surface area contributed by atoms with E-state index >= 15 is 0 Å². The van der Waals surface area contributed by atoms with Crippen LogP contribution < -0.4 is 10.1 Å². The summed E-state index contributed by atoms with van der Waals surface area (Å²) in [6, 6.07) is 5.29. The van der Waals surface area contributed by atoms with E-state index in [-0.39, 0.29) is 42.8 Å². The van der Waals surface area contributed by atoms with Gasteiger partial charge in [0.2, 0.25) is 5.91 Å². The van der Waals surface area contributed by atoms with Crippen molar-refractivity contribution in [3.8, 4) is 5.75 Å². The number of benzene rings is 1. The highest BCUT2D eigenvalue weighted by molar-refractivity contribution is 5.85. The second-order valence-electron chi connectivity index (χ2n) is 4.93. The molecule has 1 aromatic carbocycles. The first kappa shape index (κ1) is 19.5. The maximum atomic E-state index is 12.4. The molecule has 0 bridgehead atoms. The smallest absolute Gasteiger partial charge is 0.405 e. The fraction of sp³-hybridized carbons (Fsp3) is 0.500. The number of morpholine rings is 1. The fourth-order valence-corrected chi connectivity index (χ4v) is 2.18. The number of nitrogens with zero attached hydrogens (tertiary/aromatic N) is 1. The first-order valence-corrected chi connectivity index (χ1v) is 6.76. The van der Waals surface area contributed by atoms with Gasteiger partial charge in [-0.25, -0.2) is 0 Å². The second kappa shape index (κ2) is 8.37. The van der Waals surface area contributed by atoms with Crippen LogP contribution in [-0.2, 0) is 16.1 Å². The van der Waals surface area contributed by atoms with Gasteiger partial charge in [0, 0.05) is 25.7 Å². The number of halogens is 4. The number of nitrogens with one attached hydrogen (secondary N) is 1. The highest BCUT2D eigenvalue weighted by Gasteiger charge is 2.32. The zero-order valence-electron chi connectivity index (χ0n) is 12.4. The van der Waals surface area contributed by atoms with Crippen molar-refractivity contribution in [2.24, 2.45) is 0 Å². The van der Waals surface area contributed by atoms with Crippen molar-refractivity contribution >= 4 is 18.3 Å². The Hall–Kier alpha value is -1.51. The molecule has 0 aromatic heterocycles. The minimum atomic E-state index is -4.77. The monoisotopic (exact) mass is 354 g/mol. The van der Waals surface area contributed by atoms with Crippen molar-refractivity contribution in [3.05, 3.63) is 29.8 Å². The van der Waals surface area contributed by atoms with Crippen LogP contribution in [0.3, 0.4) is 0 Å². The SMILES string of the molecule is CN(Cc1ccccc1OC(F)(F)F)C(=O)C1COCCN1.Cl. The van der Waals surface area contributed by atoms with Gasteiger partial charge in [0.05, 0.1) is 13.2 Å². The largest absolute Gasteiger partial charge is 0.573 e. The molecule has 23 heavy (non-hydrogen) atoms. The number of carbonyl (C=O) groups excluding carboxylic acids is 1. The summed E-state index contributed by atoms with van der Waals surface area (Å²) >= 11 is 0. The maximum Gasteiger partial charge on any atom is 0.573 e.